The molecule has 0 fully saturated rings. The van der Waals surface area contributed by atoms with E-state index in [2.05, 4.69) is 245 Å². The van der Waals surface area contributed by atoms with Crippen molar-refractivity contribution in [2.24, 2.45) is 0 Å². The van der Waals surface area contributed by atoms with Crippen LogP contribution in [0.25, 0.3) is 78.4 Å². The monoisotopic (exact) mass is 1030 g/mol. The van der Waals surface area contributed by atoms with Crippen molar-refractivity contribution in [1.29, 1.82) is 0 Å². The van der Waals surface area contributed by atoms with E-state index in [9.17, 15) is 5.11 Å². The van der Waals surface area contributed by atoms with Crippen molar-refractivity contribution in [1.82, 2.24) is 18.7 Å². The Bertz CT molecular complexity index is 3390. The van der Waals surface area contributed by atoms with Gasteiger partial charge in [0.05, 0.1) is 33.5 Å². The molecule has 7 aromatic carbocycles. The Labute approximate surface area is 396 Å². The minimum Gasteiger partial charge on any atom is -0.507 e. The van der Waals surface area contributed by atoms with E-state index in [0.29, 0.717) is 11.4 Å². The second-order valence-corrected chi connectivity index (χ2v) is 20.1. The smallest absolute Gasteiger partial charge is 0.507 e. The third-order valence-electron chi connectivity index (χ3n) is 12.5. The van der Waals surface area contributed by atoms with Crippen LogP contribution in [0, 0.1) is 12.4 Å². The van der Waals surface area contributed by atoms with E-state index in [-0.39, 0.29) is 43.1 Å². The molecule has 0 aliphatic carbocycles. The number of fused-ring (bicyclic) bond motifs is 4. The first-order valence-corrected chi connectivity index (χ1v) is 22.2. The molecule has 6 nitrogen and oxygen atoms in total. The Morgan fingerprint density at radius 2 is 1.17 bits per heavy atom. The molecule has 3 heterocycles. The van der Waals surface area contributed by atoms with Gasteiger partial charge in [-0.2, -0.15) is 18.2 Å². The minimum atomic E-state index is -0.337. The van der Waals surface area contributed by atoms with Gasteiger partial charge in [-0.1, -0.05) is 171 Å². The maximum atomic E-state index is 12.6. The molecule has 0 saturated carbocycles. The van der Waals surface area contributed by atoms with E-state index < -0.39 is 0 Å². The summed E-state index contributed by atoms with van der Waals surface area (Å²) in [6, 6.07) is 59.2. The second kappa shape index (κ2) is 16.2. The summed E-state index contributed by atoms with van der Waals surface area (Å²) in [4.78, 5) is 5.71. The van der Waals surface area contributed by atoms with Gasteiger partial charge in [-0.15, -0.1) is 6.07 Å². The van der Waals surface area contributed by atoms with Crippen molar-refractivity contribution < 1.29 is 30.7 Å². The molecule has 3 aromatic heterocycles. The predicted molar refractivity (Wildman–Crippen MR) is 263 cm³/mol. The summed E-state index contributed by atoms with van der Waals surface area (Å²) in [7, 11) is 0. The molecule has 0 aliphatic rings. The average Bonchev–Trinajstić information content (AvgIpc) is 3.95. The SMILES string of the molecule is CC(C)(C)c1ccc(-n2c(-c3cc(C(C)(C)C)cc(C(C)(C)C)c3O)nc3c2c2ccccc2n3-c2[c-]c(-n3[c-][n+](-c4ccccc4)c4ccccc43)ccc2)c(-c2ccccc2)c1.[Pt+2]. The molecule has 0 spiro atoms. The summed E-state index contributed by atoms with van der Waals surface area (Å²) in [5.41, 5.74) is 14.0. The van der Waals surface area contributed by atoms with Crippen LogP contribution in [-0.2, 0) is 37.3 Å². The van der Waals surface area contributed by atoms with Crippen LogP contribution < -0.4 is 4.57 Å². The fourth-order valence-corrected chi connectivity index (χ4v) is 9.02. The van der Waals surface area contributed by atoms with Crippen LogP contribution >= 0.6 is 0 Å². The molecule has 7 heteroatoms. The Morgan fingerprint density at radius 1 is 0.554 bits per heavy atom. The normalized spacial score (nSPS) is 12.3. The first kappa shape index (κ1) is 43.7. The maximum absolute atomic E-state index is 12.6. The summed E-state index contributed by atoms with van der Waals surface area (Å²) < 4.78 is 8.72. The zero-order valence-electron chi connectivity index (χ0n) is 38.5. The molecule has 0 amide bonds. The van der Waals surface area contributed by atoms with Gasteiger partial charge in [-0.25, -0.2) is 4.98 Å². The van der Waals surface area contributed by atoms with Crippen molar-refractivity contribution in [3.63, 3.8) is 0 Å². The van der Waals surface area contributed by atoms with Gasteiger partial charge in [0.15, 0.2) is 11.5 Å². The topological polar surface area (TPSA) is 51.8 Å². The Kier molecular flexibility index (Phi) is 10.9. The molecular weight excluding hydrogens is 978 g/mol. The molecule has 0 aliphatic heterocycles. The van der Waals surface area contributed by atoms with Crippen molar-refractivity contribution in [2.45, 2.75) is 78.6 Å². The third kappa shape index (κ3) is 7.62. The zero-order valence-corrected chi connectivity index (χ0v) is 40.8. The molecule has 10 rings (SSSR count). The fourth-order valence-electron chi connectivity index (χ4n) is 9.02. The number of phenolic OH excluding ortho intramolecular Hbond substituents is 1. The van der Waals surface area contributed by atoms with Crippen LogP contribution in [0.1, 0.15) is 79.0 Å². The van der Waals surface area contributed by atoms with Crippen molar-refractivity contribution in [3.8, 4) is 51.0 Å². The van der Waals surface area contributed by atoms with Crippen LogP contribution in [-0.4, -0.2) is 23.8 Å². The number of para-hydroxylation sites is 4. The van der Waals surface area contributed by atoms with Crippen LogP contribution in [0.5, 0.6) is 5.75 Å². The summed E-state index contributed by atoms with van der Waals surface area (Å²) >= 11 is 0. The van der Waals surface area contributed by atoms with Gasteiger partial charge in [0.2, 0.25) is 0 Å². The van der Waals surface area contributed by atoms with Gasteiger partial charge in [0.1, 0.15) is 11.3 Å². The fraction of sp³-hybridized carbons (Fsp3) is 0.207. The summed E-state index contributed by atoms with van der Waals surface area (Å²) in [6.45, 7) is 20.0. The maximum Gasteiger partial charge on any atom is 2.00 e. The molecular formula is C58H54N5OPt+. The van der Waals surface area contributed by atoms with E-state index in [1.165, 1.54) is 5.56 Å². The quantitative estimate of drug-likeness (QED) is 0.133. The molecule has 10 aromatic rings. The summed E-state index contributed by atoms with van der Waals surface area (Å²) in [6.07, 6.45) is 3.65. The number of rotatable bonds is 6. The molecule has 0 saturated heterocycles. The number of imidazole rings is 2. The number of aromatic nitrogens is 5. The van der Waals surface area contributed by atoms with Crippen molar-refractivity contribution in [3.05, 3.63) is 187 Å². The van der Waals surface area contributed by atoms with Crippen molar-refractivity contribution >= 4 is 33.1 Å². The van der Waals surface area contributed by atoms with Gasteiger partial charge >= 0.3 is 21.1 Å². The zero-order chi connectivity index (χ0) is 44.7. The molecule has 0 radical (unpaired) electrons. The molecule has 0 unspecified atom stereocenters. The van der Waals surface area contributed by atoms with E-state index in [0.717, 1.165) is 78.1 Å². The second-order valence-electron chi connectivity index (χ2n) is 20.1. The van der Waals surface area contributed by atoms with Crippen LogP contribution in [0.4, 0.5) is 0 Å². The van der Waals surface area contributed by atoms with E-state index in [1.807, 2.05) is 6.07 Å². The third-order valence-corrected chi connectivity index (χ3v) is 12.5. The number of nitrogens with zero attached hydrogens (tertiary/aromatic N) is 5. The van der Waals surface area contributed by atoms with E-state index in [4.69, 9.17) is 4.98 Å². The van der Waals surface area contributed by atoms with Gasteiger partial charge in [0.25, 0.3) is 6.33 Å². The molecule has 0 atom stereocenters. The molecule has 0 bridgehead atoms. The van der Waals surface area contributed by atoms with Crippen molar-refractivity contribution in [2.75, 3.05) is 0 Å². The average molecular weight is 1030 g/mol. The van der Waals surface area contributed by atoms with Gasteiger partial charge < -0.3 is 14.2 Å². The molecule has 1 N–H and O–H groups in total. The molecule has 65 heavy (non-hydrogen) atoms. The first-order valence-electron chi connectivity index (χ1n) is 22.2. The summed E-state index contributed by atoms with van der Waals surface area (Å²) in [5, 5.41) is 13.6. The first-order chi connectivity index (χ1) is 30.6. The van der Waals surface area contributed by atoms with Gasteiger partial charge in [-0.05, 0) is 75.0 Å². The van der Waals surface area contributed by atoms with Gasteiger partial charge in [0, 0.05) is 16.5 Å². The molecule has 326 valence electrons. The number of benzene rings is 7. The van der Waals surface area contributed by atoms with E-state index in [1.54, 1.807) is 0 Å². The Balaban J connectivity index is 0.00000533. The summed E-state index contributed by atoms with van der Waals surface area (Å²) in [5.74, 6) is 0.914. The minimum absolute atomic E-state index is 0. The Hall–Kier alpha value is -6.49. The van der Waals surface area contributed by atoms with Crippen LogP contribution in [0.2, 0.25) is 0 Å². The standard InChI is InChI=1S/C58H54N5O.Pt/c1-56(2,3)39-31-32-49(45(33-39)38-21-12-10-13-22-38)63-52-44-27-16-17-28-48(44)62(55(52)59-54(63)46-34-40(57(4,5)6)35-47(53(46)64)58(7,8)9)43-26-20-25-42(36-43)61-37-60(41-23-14-11-15-24-41)50-29-18-19-30-51(50)61;/h10-35,64H,1-9H3;/q-1;+2. The number of aromatic hydroxyl groups is 1. The van der Waals surface area contributed by atoms with Crippen LogP contribution in [0.15, 0.2) is 158 Å². The van der Waals surface area contributed by atoms with E-state index >= 15 is 0 Å². The Morgan fingerprint density at radius 3 is 1.86 bits per heavy atom. The van der Waals surface area contributed by atoms with Gasteiger partial charge in [-0.3, -0.25) is 9.13 Å². The largest absolute Gasteiger partial charge is 2.00 e. The number of phenols is 1. The number of hydrogen-bond acceptors (Lipinski definition) is 2. The predicted octanol–water partition coefficient (Wildman–Crippen LogP) is 13.7. The number of hydrogen-bond donors (Lipinski definition) is 1. The van der Waals surface area contributed by atoms with Crippen LogP contribution in [0.3, 0.4) is 0 Å².